The summed E-state index contributed by atoms with van der Waals surface area (Å²) in [6.45, 7) is 0. The lowest BCUT2D eigenvalue weighted by Crippen LogP contribution is -2.21. The Kier molecular flexibility index (Phi) is 5.72. The molecule has 1 amide bonds. The molecule has 1 N–H and O–H groups in total. The van der Waals surface area contributed by atoms with E-state index >= 15 is 0 Å². The fourth-order valence-corrected chi connectivity index (χ4v) is 3.89. The van der Waals surface area contributed by atoms with E-state index in [1.807, 2.05) is 0 Å². The second-order valence-corrected chi connectivity index (χ2v) is 7.87. The van der Waals surface area contributed by atoms with Crippen LogP contribution in [-0.2, 0) is 6.18 Å². The summed E-state index contributed by atoms with van der Waals surface area (Å²) in [6, 6.07) is 12.1. The van der Waals surface area contributed by atoms with Crippen LogP contribution in [0.3, 0.4) is 0 Å². The second kappa shape index (κ2) is 8.89. The Morgan fingerprint density at radius 2 is 1.86 bits per heavy atom. The summed E-state index contributed by atoms with van der Waals surface area (Å²) in [5.41, 5.74) is -0.786. The molecule has 0 saturated carbocycles. The molecular formula is C23H13ClF3N7O2. The molecule has 0 fully saturated rings. The Morgan fingerprint density at radius 1 is 1.03 bits per heavy atom. The third kappa shape index (κ3) is 4.18. The SMILES string of the molecule is O=Cc1cnn(-c2ccc(NC(=O)c3cnn(-c4cccc5ncccc45)c3C(F)(F)F)cc2Cl)n1. The maximum Gasteiger partial charge on any atom is 0.434 e. The van der Waals surface area contributed by atoms with Gasteiger partial charge in [0.15, 0.2) is 12.0 Å². The summed E-state index contributed by atoms with van der Waals surface area (Å²) in [6.07, 6.45) is -0.756. The van der Waals surface area contributed by atoms with Gasteiger partial charge in [0, 0.05) is 17.3 Å². The zero-order chi connectivity index (χ0) is 25.4. The molecule has 0 atom stereocenters. The Labute approximate surface area is 205 Å². The number of carbonyl (C=O) groups excluding carboxylic acids is 2. The van der Waals surface area contributed by atoms with Gasteiger partial charge in [-0.2, -0.15) is 23.4 Å². The van der Waals surface area contributed by atoms with Gasteiger partial charge in [-0.3, -0.25) is 14.6 Å². The lowest BCUT2D eigenvalue weighted by Gasteiger charge is -2.14. The van der Waals surface area contributed by atoms with Crippen molar-refractivity contribution in [2.24, 2.45) is 0 Å². The lowest BCUT2D eigenvalue weighted by molar-refractivity contribution is -0.143. The molecule has 0 saturated heterocycles. The number of benzene rings is 2. The van der Waals surface area contributed by atoms with Crippen LogP contribution in [0.15, 0.2) is 67.1 Å². The fraction of sp³-hybridized carbons (Fsp3) is 0.0435. The number of aromatic nitrogens is 6. The molecule has 0 radical (unpaired) electrons. The summed E-state index contributed by atoms with van der Waals surface area (Å²) >= 11 is 6.25. The first kappa shape index (κ1) is 23.2. The lowest BCUT2D eigenvalue weighted by atomic mass is 10.1. The number of pyridine rings is 1. The number of nitrogens with one attached hydrogen (secondary N) is 1. The van der Waals surface area contributed by atoms with E-state index < -0.39 is 23.3 Å². The summed E-state index contributed by atoms with van der Waals surface area (Å²) in [7, 11) is 0. The predicted octanol–water partition coefficient (Wildman–Crippen LogP) is 4.74. The fourth-order valence-electron chi connectivity index (χ4n) is 3.63. The second-order valence-electron chi connectivity index (χ2n) is 7.46. The number of rotatable bonds is 5. The van der Waals surface area contributed by atoms with Gasteiger partial charge in [-0.1, -0.05) is 17.7 Å². The third-order valence-electron chi connectivity index (χ3n) is 5.18. The number of nitrogens with zero attached hydrogens (tertiary/aromatic N) is 6. The van der Waals surface area contributed by atoms with E-state index in [0.29, 0.717) is 27.6 Å². The molecule has 3 aromatic heterocycles. The van der Waals surface area contributed by atoms with Crippen molar-refractivity contribution in [3.05, 3.63) is 89.1 Å². The van der Waals surface area contributed by atoms with Crippen molar-refractivity contribution in [2.75, 3.05) is 5.32 Å². The molecule has 36 heavy (non-hydrogen) atoms. The Bertz CT molecular complexity index is 1620. The normalized spacial score (nSPS) is 11.6. The number of hydrogen-bond donors (Lipinski definition) is 1. The molecule has 0 aliphatic rings. The third-order valence-corrected chi connectivity index (χ3v) is 5.49. The Balaban J connectivity index is 1.50. The minimum Gasteiger partial charge on any atom is -0.322 e. The van der Waals surface area contributed by atoms with E-state index in [-0.39, 0.29) is 22.1 Å². The van der Waals surface area contributed by atoms with Crippen LogP contribution in [0.4, 0.5) is 18.9 Å². The predicted molar refractivity (Wildman–Crippen MR) is 124 cm³/mol. The Hall–Kier alpha value is -4.58. The highest BCUT2D eigenvalue weighted by Gasteiger charge is 2.41. The van der Waals surface area contributed by atoms with Crippen molar-refractivity contribution in [1.29, 1.82) is 0 Å². The zero-order valence-corrected chi connectivity index (χ0v) is 18.7. The number of fused-ring (bicyclic) bond motifs is 1. The van der Waals surface area contributed by atoms with Gasteiger partial charge >= 0.3 is 6.18 Å². The van der Waals surface area contributed by atoms with Crippen molar-refractivity contribution < 1.29 is 22.8 Å². The molecule has 9 nitrogen and oxygen atoms in total. The van der Waals surface area contributed by atoms with E-state index in [1.165, 1.54) is 36.7 Å². The van der Waals surface area contributed by atoms with Crippen LogP contribution >= 0.6 is 11.6 Å². The maximum absolute atomic E-state index is 14.1. The van der Waals surface area contributed by atoms with E-state index in [1.54, 1.807) is 24.3 Å². The summed E-state index contributed by atoms with van der Waals surface area (Å²) in [5.74, 6) is -1.03. The van der Waals surface area contributed by atoms with Crippen LogP contribution in [0.5, 0.6) is 0 Å². The summed E-state index contributed by atoms with van der Waals surface area (Å²) in [5, 5.41) is 14.7. The van der Waals surface area contributed by atoms with Crippen molar-refractivity contribution in [2.45, 2.75) is 6.18 Å². The first-order valence-corrected chi connectivity index (χ1v) is 10.6. The summed E-state index contributed by atoms with van der Waals surface area (Å²) < 4.78 is 43.1. The molecule has 3 heterocycles. The molecular weight excluding hydrogens is 499 g/mol. The quantitative estimate of drug-likeness (QED) is 0.342. The molecule has 0 unspecified atom stereocenters. The summed E-state index contributed by atoms with van der Waals surface area (Å²) in [4.78, 5) is 29.0. The molecule has 180 valence electrons. The highest BCUT2D eigenvalue weighted by molar-refractivity contribution is 6.32. The first-order chi connectivity index (χ1) is 17.3. The number of anilines is 1. The molecule has 0 bridgehead atoms. The number of aldehydes is 1. The first-order valence-electron chi connectivity index (χ1n) is 10.2. The van der Waals surface area contributed by atoms with E-state index in [2.05, 4.69) is 25.6 Å². The van der Waals surface area contributed by atoms with Gasteiger partial charge in [0.05, 0.1) is 34.2 Å². The number of carbonyl (C=O) groups is 2. The molecule has 0 aliphatic carbocycles. The highest BCUT2D eigenvalue weighted by Crippen LogP contribution is 2.35. The van der Waals surface area contributed by atoms with Crippen molar-refractivity contribution in [3.8, 4) is 11.4 Å². The number of halogens is 4. The van der Waals surface area contributed by atoms with Crippen LogP contribution in [0.25, 0.3) is 22.3 Å². The molecule has 0 spiro atoms. The minimum absolute atomic E-state index is 0.0853. The van der Waals surface area contributed by atoms with Gasteiger partial charge < -0.3 is 5.32 Å². The van der Waals surface area contributed by atoms with Crippen LogP contribution in [0.2, 0.25) is 5.02 Å². The van der Waals surface area contributed by atoms with E-state index in [4.69, 9.17) is 11.6 Å². The zero-order valence-electron chi connectivity index (χ0n) is 17.9. The highest BCUT2D eigenvalue weighted by atomic mass is 35.5. The monoisotopic (exact) mass is 511 g/mol. The van der Waals surface area contributed by atoms with Crippen LogP contribution < -0.4 is 5.32 Å². The van der Waals surface area contributed by atoms with Crippen LogP contribution in [-0.4, -0.2) is 42.0 Å². The molecule has 2 aromatic carbocycles. The van der Waals surface area contributed by atoms with Crippen LogP contribution in [0, 0.1) is 0 Å². The van der Waals surface area contributed by atoms with Gasteiger partial charge in [-0.05, 0) is 42.5 Å². The number of amides is 1. The van der Waals surface area contributed by atoms with Gasteiger partial charge in [-0.25, -0.2) is 4.68 Å². The molecule has 5 aromatic rings. The van der Waals surface area contributed by atoms with Crippen molar-refractivity contribution in [3.63, 3.8) is 0 Å². The number of alkyl halides is 3. The molecule has 5 rings (SSSR count). The standard InChI is InChI=1S/C23H13ClF3N7O2/c24-17-9-13(6-7-20(17)34-30-10-14(12-35)32-34)31-22(36)16-11-29-33(21(16)23(25,26)27)19-5-1-4-18-15(19)3-2-8-28-18/h1-12H,(H,31,36). The smallest absolute Gasteiger partial charge is 0.322 e. The van der Waals surface area contributed by atoms with Gasteiger partial charge in [0.25, 0.3) is 5.91 Å². The Morgan fingerprint density at radius 3 is 2.58 bits per heavy atom. The topological polar surface area (TPSA) is 108 Å². The van der Waals surface area contributed by atoms with Crippen LogP contribution in [0.1, 0.15) is 26.5 Å². The minimum atomic E-state index is -4.89. The van der Waals surface area contributed by atoms with Crippen molar-refractivity contribution >= 4 is 40.4 Å². The van der Waals surface area contributed by atoms with E-state index in [9.17, 15) is 22.8 Å². The van der Waals surface area contributed by atoms with Crippen molar-refractivity contribution in [1.82, 2.24) is 29.8 Å². The molecule has 13 heteroatoms. The maximum atomic E-state index is 14.1. The average molecular weight is 512 g/mol. The van der Waals surface area contributed by atoms with E-state index in [0.717, 1.165) is 11.0 Å². The average Bonchev–Trinajstić information content (AvgIpc) is 3.51. The number of hydrogen-bond acceptors (Lipinski definition) is 6. The molecule has 0 aliphatic heterocycles. The van der Waals surface area contributed by atoms with Gasteiger partial charge in [-0.15, -0.1) is 9.90 Å². The largest absolute Gasteiger partial charge is 0.434 e. The van der Waals surface area contributed by atoms with Gasteiger partial charge in [0.2, 0.25) is 0 Å². The van der Waals surface area contributed by atoms with Gasteiger partial charge in [0.1, 0.15) is 11.4 Å².